The van der Waals surface area contributed by atoms with Gasteiger partial charge in [-0.1, -0.05) is 159 Å². The first-order valence-corrected chi connectivity index (χ1v) is 35.5. The Morgan fingerprint density at radius 2 is 0.413 bits per heavy atom. The van der Waals surface area contributed by atoms with Crippen LogP contribution >= 0.6 is 0 Å². The molecule has 4 aromatic heterocycles. The maximum Gasteiger partial charge on any atom is 0.104 e. The molecule has 0 aliphatic carbocycles. The van der Waals surface area contributed by atoms with Gasteiger partial charge < -0.3 is 18.3 Å². The fraction of sp³-hybridized carbons (Fsp3) is 0.368. The zero-order chi connectivity index (χ0) is 64.7. The lowest BCUT2D eigenvalue weighted by atomic mass is 9.95. The van der Waals surface area contributed by atoms with Crippen LogP contribution in [0.3, 0.4) is 0 Å². The van der Waals surface area contributed by atoms with Crippen molar-refractivity contribution < 1.29 is 0 Å². The van der Waals surface area contributed by atoms with E-state index in [9.17, 15) is 5.26 Å². The van der Waals surface area contributed by atoms with Crippen LogP contribution in [-0.4, -0.2) is 18.3 Å². The van der Waals surface area contributed by atoms with Gasteiger partial charge in [-0.05, 0) is 246 Å². The number of rotatable bonds is 20. The topological polar surface area (TPSA) is 43.5 Å². The Labute approximate surface area is 547 Å². The molecule has 13 rings (SSSR count). The number of benzene rings is 9. The predicted molar refractivity (Wildman–Crippen MR) is 398 cm³/mol. The van der Waals surface area contributed by atoms with Crippen LogP contribution in [0.5, 0.6) is 0 Å². The second-order valence-corrected chi connectivity index (χ2v) is 28.1. The van der Waals surface area contributed by atoms with Gasteiger partial charge in [0.15, 0.2) is 0 Å². The number of nitrogens with zero attached hydrogens (tertiary/aromatic N) is 5. The quantitative estimate of drug-likeness (QED) is 0.0750. The van der Waals surface area contributed by atoms with E-state index in [1.807, 2.05) is 0 Å². The standard InChI is InChI=1S/C87H97N5/c1-17-51(9)59-25-33-76-67(41-59)68-42-60(52(10)18-2)26-34-77(68)89(76)84-49-85(90-78-35-27-61(53(11)19-3)43-69(78)70-44-62(54(12)20-4)28-36-79(70)90)87(92-82-39-31-65(57(15)23-7)47-73(82)74-48-66(58(16)24-8)32-40-83(74)92)75(50-88)86(84)91-80-37-29-63(55(13)21-5)45-71(80)72-46-64(56(14)22-6)30-38-81(72)91/h25-49,51-58H,17-24H2,1-16H3. The van der Waals surface area contributed by atoms with Crippen molar-refractivity contribution in [1.82, 2.24) is 18.3 Å². The molecule has 5 nitrogen and oxygen atoms in total. The Kier molecular flexibility index (Phi) is 16.9. The van der Waals surface area contributed by atoms with Crippen LogP contribution in [0.15, 0.2) is 152 Å². The van der Waals surface area contributed by atoms with Crippen molar-refractivity contribution in [2.75, 3.05) is 0 Å². The third-order valence-corrected chi connectivity index (χ3v) is 23.0. The summed E-state index contributed by atoms with van der Waals surface area (Å²) in [6.45, 7) is 37.3. The second kappa shape index (κ2) is 24.9. The molecule has 8 unspecified atom stereocenters. The molecule has 0 radical (unpaired) electrons. The Morgan fingerprint density at radius 3 is 0.565 bits per heavy atom. The summed E-state index contributed by atoms with van der Waals surface area (Å²) in [5, 5.41) is 23.1. The predicted octanol–water partition coefficient (Wildman–Crippen LogP) is 26.1. The summed E-state index contributed by atoms with van der Waals surface area (Å²) in [6, 6.07) is 63.7. The van der Waals surface area contributed by atoms with Gasteiger partial charge in [0.2, 0.25) is 0 Å². The average molecular weight is 1210 g/mol. The number of hydrogen-bond donors (Lipinski definition) is 0. The second-order valence-electron chi connectivity index (χ2n) is 28.1. The van der Waals surface area contributed by atoms with Crippen molar-refractivity contribution in [2.24, 2.45) is 0 Å². The van der Waals surface area contributed by atoms with E-state index < -0.39 is 0 Å². The largest absolute Gasteiger partial charge is 0.307 e. The first kappa shape index (κ1) is 62.5. The van der Waals surface area contributed by atoms with E-state index in [2.05, 4.69) is 287 Å². The summed E-state index contributed by atoms with van der Waals surface area (Å²) in [4.78, 5) is 0. The molecule has 470 valence electrons. The molecule has 8 atom stereocenters. The van der Waals surface area contributed by atoms with E-state index >= 15 is 0 Å². The van der Waals surface area contributed by atoms with Gasteiger partial charge >= 0.3 is 0 Å². The van der Waals surface area contributed by atoms with Crippen LogP contribution in [0.1, 0.15) is 260 Å². The SMILES string of the molecule is CCC(C)c1ccc2c(c1)c1cc(C(C)CC)ccc1n2-c1cc(-n2c3ccc(C(C)CC)cc3c3cc(C(C)CC)ccc32)c(-n2c3ccc(C(C)CC)cc3c3cc(C(C)CC)ccc32)c(C#N)c1-n1c2ccc(C(C)CC)cc2c2cc(C(C)CC)ccc21. The van der Waals surface area contributed by atoms with Gasteiger partial charge in [0.1, 0.15) is 11.6 Å². The fourth-order valence-corrected chi connectivity index (χ4v) is 15.1. The molecule has 0 amide bonds. The summed E-state index contributed by atoms with van der Waals surface area (Å²) < 4.78 is 10.2. The minimum absolute atomic E-state index is 0.371. The molecule has 0 aliphatic heterocycles. The maximum absolute atomic E-state index is 13.3. The zero-order valence-electron chi connectivity index (χ0n) is 57.9. The molecule has 0 bridgehead atoms. The van der Waals surface area contributed by atoms with Gasteiger partial charge in [0, 0.05) is 43.1 Å². The molecule has 0 aliphatic rings. The van der Waals surface area contributed by atoms with Gasteiger partial charge in [0.05, 0.1) is 66.9 Å². The molecule has 5 heteroatoms. The fourth-order valence-electron chi connectivity index (χ4n) is 15.1. The van der Waals surface area contributed by atoms with Crippen LogP contribution in [0.25, 0.3) is 110 Å². The van der Waals surface area contributed by atoms with E-state index in [-0.39, 0.29) is 0 Å². The first-order valence-electron chi connectivity index (χ1n) is 35.5. The Balaban J connectivity index is 1.32. The highest BCUT2D eigenvalue weighted by Crippen LogP contribution is 2.49. The van der Waals surface area contributed by atoms with E-state index in [0.29, 0.717) is 52.9 Å². The van der Waals surface area contributed by atoms with Crippen molar-refractivity contribution in [2.45, 2.75) is 209 Å². The molecule has 4 heterocycles. The third-order valence-electron chi connectivity index (χ3n) is 23.0. The lowest BCUT2D eigenvalue weighted by Crippen LogP contribution is -2.14. The normalized spacial score (nSPS) is 14.9. The number of nitriles is 1. The van der Waals surface area contributed by atoms with Crippen molar-refractivity contribution in [3.8, 4) is 28.8 Å². The van der Waals surface area contributed by atoms with Crippen LogP contribution in [0.4, 0.5) is 0 Å². The lowest BCUT2D eigenvalue weighted by molar-refractivity contribution is 0.734. The van der Waals surface area contributed by atoms with Crippen molar-refractivity contribution in [1.29, 1.82) is 5.26 Å². The average Bonchev–Trinajstić information content (AvgIpc) is 1.50. The highest BCUT2D eigenvalue weighted by Gasteiger charge is 2.32. The molecule has 0 spiro atoms. The number of fused-ring (bicyclic) bond motifs is 12. The molecule has 0 saturated carbocycles. The molecule has 0 saturated heterocycles. The van der Waals surface area contributed by atoms with Crippen molar-refractivity contribution in [3.63, 3.8) is 0 Å². The van der Waals surface area contributed by atoms with Gasteiger partial charge in [-0.3, -0.25) is 0 Å². The van der Waals surface area contributed by atoms with Gasteiger partial charge in [-0.15, -0.1) is 0 Å². The smallest absolute Gasteiger partial charge is 0.104 e. The summed E-state index contributed by atoms with van der Waals surface area (Å²) in [5.41, 5.74) is 23.9. The molecule has 0 fully saturated rings. The minimum Gasteiger partial charge on any atom is -0.307 e. The van der Waals surface area contributed by atoms with E-state index in [0.717, 1.165) is 118 Å². The summed E-state index contributed by atoms with van der Waals surface area (Å²) in [7, 11) is 0. The van der Waals surface area contributed by atoms with Gasteiger partial charge in [0.25, 0.3) is 0 Å². The highest BCUT2D eigenvalue weighted by molar-refractivity contribution is 6.16. The molecule has 9 aromatic carbocycles. The molecule has 92 heavy (non-hydrogen) atoms. The minimum atomic E-state index is 0.371. The van der Waals surface area contributed by atoms with E-state index in [1.165, 1.54) is 87.6 Å². The van der Waals surface area contributed by atoms with E-state index in [4.69, 9.17) is 0 Å². The van der Waals surface area contributed by atoms with Crippen LogP contribution in [-0.2, 0) is 0 Å². The van der Waals surface area contributed by atoms with Crippen molar-refractivity contribution >= 4 is 87.2 Å². The Bertz CT molecular complexity index is 4460. The maximum atomic E-state index is 13.3. The Morgan fingerprint density at radius 1 is 0.250 bits per heavy atom. The number of aromatic nitrogens is 4. The molecule has 0 N–H and O–H groups in total. The summed E-state index contributed by atoms with van der Waals surface area (Å²) >= 11 is 0. The molecular weight excluding hydrogens is 1110 g/mol. The van der Waals surface area contributed by atoms with Gasteiger partial charge in [-0.25, -0.2) is 0 Å². The monoisotopic (exact) mass is 1210 g/mol. The van der Waals surface area contributed by atoms with E-state index in [1.54, 1.807) is 0 Å². The molecule has 13 aromatic rings. The third kappa shape index (κ3) is 10.1. The van der Waals surface area contributed by atoms with Crippen LogP contribution < -0.4 is 0 Å². The Hall–Kier alpha value is -8.33. The van der Waals surface area contributed by atoms with Crippen LogP contribution in [0, 0.1) is 11.3 Å². The van der Waals surface area contributed by atoms with Crippen molar-refractivity contribution in [3.05, 3.63) is 202 Å². The van der Waals surface area contributed by atoms with Gasteiger partial charge in [-0.2, -0.15) is 5.26 Å². The zero-order valence-corrected chi connectivity index (χ0v) is 57.9. The number of hydrogen-bond acceptors (Lipinski definition) is 1. The highest BCUT2D eigenvalue weighted by atomic mass is 15.1. The summed E-state index contributed by atoms with van der Waals surface area (Å²) in [6.07, 6.45) is 8.35. The lowest BCUT2D eigenvalue weighted by Gasteiger charge is -2.25. The first-order chi connectivity index (χ1) is 44.5. The summed E-state index contributed by atoms with van der Waals surface area (Å²) in [5.74, 6) is 3.01. The van der Waals surface area contributed by atoms with Crippen LogP contribution in [0.2, 0.25) is 0 Å². The molecular formula is C87H97N5.